The van der Waals surface area contributed by atoms with Gasteiger partial charge in [0, 0.05) is 24.5 Å². The molecule has 25 heavy (non-hydrogen) atoms. The largest absolute Gasteiger partial charge is 0.344 e. The van der Waals surface area contributed by atoms with Crippen LogP contribution in [0.3, 0.4) is 0 Å². The number of hydrogen-bond acceptors (Lipinski definition) is 3. The summed E-state index contributed by atoms with van der Waals surface area (Å²) >= 11 is 0. The Kier molecular flexibility index (Phi) is 4.40. The van der Waals surface area contributed by atoms with Crippen molar-refractivity contribution >= 4 is 22.6 Å². The number of carbonyl (C=O) groups is 2. The van der Waals surface area contributed by atoms with Crippen molar-refractivity contribution in [3.05, 3.63) is 48.0 Å². The van der Waals surface area contributed by atoms with Gasteiger partial charge in [-0.05, 0) is 42.1 Å². The van der Waals surface area contributed by atoms with Gasteiger partial charge in [0.25, 0.3) is 0 Å². The van der Waals surface area contributed by atoms with Gasteiger partial charge in [0.15, 0.2) is 0 Å². The van der Waals surface area contributed by atoms with Gasteiger partial charge in [-0.25, -0.2) is 0 Å². The maximum Gasteiger partial charge on any atom is 0.309 e. The van der Waals surface area contributed by atoms with Crippen molar-refractivity contribution in [3.63, 3.8) is 0 Å². The third-order valence-electron chi connectivity index (χ3n) is 5.17. The maximum atomic E-state index is 12.2. The Morgan fingerprint density at radius 3 is 2.64 bits per heavy atom. The van der Waals surface area contributed by atoms with Crippen LogP contribution in [0.4, 0.5) is 0 Å². The molecule has 1 saturated carbocycles. The highest BCUT2D eigenvalue weighted by Gasteiger charge is 2.41. The van der Waals surface area contributed by atoms with Crippen molar-refractivity contribution < 1.29 is 9.59 Å². The summed E-state index contributed by atoms with van der Waals surface area (Å²) in [6.45, 7) is 1.72. The molecule has 2 aromatic rings. The lowest BCUT2D eigenvalue weighted by molar-refractivity contribution is -0.139. The standard InChI is InChI=1S/C20H23N3O2/c24-19(22-14-7-4-10-21-12-14)20(25)23-18-11-17(18)16-9-3-6-13-5-1-2-8-15(13)16/h1-3,5-6,8-9,14,17-18,21H,4,7,10-12H2,(H,22,24)(H,23,25)/t14-,17+,18-/m1/s1. The summed E-state index contributed by atoms with van der Waals surface area (Å²) in [6, 6.07) is 14.7. The third kappa shape index (κ3) is 3.51. The molecule has 0 spiro atoms. The van der Waals surface area contributed by atoms with Gasteiger partial charge < -0.3 is 16.0 Å². The first-order chi connectivity index (χ1) is 12.2. The second-order valence-electron chi connectivity index (χ2n) is 7.01. The average molecular weight is 337 g/mol. The fraction of sp³-hybridized carbons (Fsp3) is 0.400. The van der Waals surface area contributed by atoms with E-state index in [1.165, 1.54) is 16.3 Å². The summed E-state index contributed by atoms with van der Waals surface area (Å²) in [5.74, 6) is -0.741. The molecule has 3 atom stereocenters. The van der Waals surface area contributed by atoms with E-state index in [0.717, 1.165) is 32.4 Å². The second-order valence-corrected chi connectivity index (χ2v) is 7.01. The van der Waals surface area contributed by atoms with Crippen LogP contribution in [0, 0.1) is 0 Å². The molecule has 5 nitrogen and oxygen atoms in total. The summed E-state index contributed by atoms with van der Waals surface area (Å²) < 4.78 is 0. The molecule has 1 aliphatic carbocycles. The van der Waals surface area contributed by atoms with Gasteiger partial charge >= 0.3 is 11.8 Å². The molecule has 4 rings (SSSR count). The molecule has 0 radical (unpaired) electrons. The fourth-order valence-electron chi connectivity index (χ4n) is 3.73. The number of nitrogens with one attached hydrogen (secondary N) is 3. The lowest BCUT2D eigenvalue weighted by Crippen LogP contribution is -2.50. The van der Waals surface area contributed by atoms with Crippen molar-refractivity contribution in [1.29, 1.82) is 0 Å². The predicted molar refractivity (Wildman–Crippen MR) is 97.3 cm³/mol. The Bertz CT molecular complexity index is 793. The van der Waals surface area contributed by atoms with Crippen LogP contribution in [0.1, 0.15) is 30.7 Å². The molecule has 1 saturated heterocycles. The molecule has 2 aromatic carbocycles. The summed E-state index contributed by atoms with van der Waals surface area (Å²) in [5.41, 5.74) is 1.25. The van der Waals surface area contributed by atoms with E-state index in [-0.39, 0.29) is 12.1 Å². The van der Waals surface area contributed by atoms with Crippen molar-refractivity contribution in [1.82, 2.24) is 16.0 Å². The number of piperidine rings is 1. The molecular formula is C20H23N3O2. The van der Waals surface area contributed by atoms with E-state index in [4.69, 9.17) is 0 Å². The Morgan fingerprint density at radius 2 is 1.80 bits per heavy atom. The van der Waals surface area contributed by atoms with E-state index in [2.05, 4.69) is 46.3 Å². The van der Waals surface area contributed by atoms with E-state index in [9.17, 15) is 9.59 Å². The maximum absolute atomic E-state index is 12.2. The number of benzene rings is 2. The summed E-state index contributed by atoms with van der Waals surface area (Å²) in [5, 5.41) is 11.4. The highest BCUT2D eigenvalue weighted by molar-refractivity contribution is 6.35. The zero-order valence-corrected chi connectivity index (χ0v) is 14.1. The van der Waals surface area contributed by atoms with E-state index in [1.807, 2.05) is 12.1 Å². The van der Waals surface area contributed by atoms with E-state index >= 15 is 0 Å². The van der Waals surface area contributed by atoms with Gasteiger partial charge in [-0.2, -0.15) is 0 Å². The molecule has 5 heteroatoms. The molecule has 0 bridgehead atoms. The van der Waals surface area contributed by atoms with Gasteiger partial charge in [-0.3, -0.25) is 9.59 Å². The molecular weight excluding hydrogens is 314 g/mol. The smallest absolute Gasteiger partial charge is 0.309 e. The monoisotopic (exact) mass is 337 g/mol. The van der Waals surface area contributed by atoms with Crippen LogP contribution in [0.15, 0.2) is 42.5 Å². The quantitative estimate of drug-likeness (QED) is 0.747. The summed E-state index contributed by atoms with van der Waals surface area (Å²) in [7, 11) is 0. The Hall–Kier alpha value is -2.40. The lowest BCUT2D eigenvalue weighted by atomic mass is 10.0. The van der Waals surface area contributed by atoms with Crippen LogP contribution < -0.4 is 16.0 Å². The van der Waals surface area contributed by atoms with Gasteiger partial charge in [0.1, 0.15) is 0 Å². The average Bonchev–Trinajstić information content (AvgIpc) is 3.41. The van der Waals surface area contributed by atoms with Crippen molar-refractivity contribution in [3.8, 4) is 0 Å². The lowest BCUT2D eigenvalue weighted by Gasteiger charge is -2.23. The van der Waals surface area contributed by atoms with Gasteiger partial charge in [0.2, 0.25) is 0 Å². The van der Waals surface area contributed by atoms with Gasteiger partial charge in [-0.1, -0.05) is 42.5 Å². The van der Waals surface area contributed by atoms with E-state index in [1.54, 1.807) is 0 Å². The van der Waals surface area contributed by atoms with Crippen LogP contribution in [-0.2, 0) is 9.59 Å². The molecule has 1 aliphatic heterocycles. The molecule has 0 aromatic heterocycles. The fourth-order valence-corrected chi connectivity index (χ4v) is 3.73. The minimum absolute atomic E-state index is 0.0496. The minimum atomic E-state index is -0.516. The van der Waals surface area contributed by atoms with E-state index in [0.29, 0.717) is 5.92 Å². The van der Waals surface area contributed by atoms with E-state index < -0.39 is 11.8 Å². The molecule has 0 unspecified atom stereocenters. The van der Waals surface area contributed by atoms with Crippen molar-refractivity contribution in [2.24, 2.45) is 0 Å². The number of hydrogen-bond donors (Lipinski definition) is 3. The molecule has 3 N–H and O–H groups in total. The molecule has 1 heterocycles. The number of fused-ring (bicyclic) bond motifs is 1. The van der Waals surface area contributed by atoms with Crippen LogP contribution in [0.2, 0.25) is 0 Å². The number of amides is 2. The molecule has 2 amide bonds. The Morgan fingerprint density at radius 1 is 1.00 bits per heavy atom. The highest BCUT2D eigenvalue weighted by Crippen LogP contribution is 2.43. The normalized spacial score (nSPS) is 25.4. The highest BCUT2D eigenvalue weighted by atomic mass is 16.2. The van der Waals surface area contributed by atoms with Crippen molar-refractivity contribution in [2.75, 3.05) is 13.1 Å². The van der Waals surface area contributed by atoms with Gasteiger partial charge in [0.05, 0.1) is 0 Å². The summed E-state index contributed by atoms with van der Waals surface area (Å²) in [6.07, 6.45) is 2.84. The summed E-state index contributed by atoms with van der Waals surface area (Å²) in [4.78, 5) is 24.2. The zero-order valence-electron chi connectivity index (χ0n) is 14.1. The van der Waals surface area contributed by atoms with Crippen molar-refractivity contribution in [2.45, 2.75) is 37.3 Å². The molecule has 130 valence electrons. The topological polar surface area (TPSA) is 70.2 Å². The number of carbonyl (C=O) groups excluding carboxylic acids is 2. The Balaban J connectivity index is 1.36. The third-order valence-corrected chi connectivity index (χ3v) is 5.17. The minimum Gasteiger partial charge on any atom is -0.344 e. The Labute approximate surface area is 147 Å². The molecule has 2 fully saturated rings. The first-order valence-corrected chi connectivity index (χ1v) is 9.02. The van der Waals surface area contributed by atoms with Gasteiger partial charge in [-0.15, -0.1) is 0 Å². The first kappa shape index (κ1) is 16.1. The predicted octanol–water partition coefficient (Wildman–Crippen LogP) is 1.68. The second kappa shape index (κ2) is 6.84. The van der Waals surface area contributed by atoms with Crippen LogP contribution in [0.5, 0.6) is 0 Å². The van der Waals surface area contributed by atoms with Crippen LogP contribution in [-0.4, -0.2) is 37.0 Å². The zero-order chi connectivity index (χ0) is 17.2. The SMILES string of the molecule is O=C(N[C@@H]1CCCNC1)C(=O)N[C@@H]1C[C@H]1c1cccc2ccccc12. The van der Waals surface area contributed by atoms with Crippen LogP contribution >= 0.6 is 0 Å². The first-order valence-electron chi connectivity index (χ1n) is 9.02. The van der Waals surface area contributed by atoms with Crippen LogP contribution in [0.25, 0.3) is 10.8 Å². The number of rotatable bonds is 3. The molecule has 2 aliphatic rings.